The fourth-order valence-corrected chi connectivity index (χ4v) is 2.56. The molecule has 86 valence electrons. The van der Waals surface area contributed by atoms with Crippen LogP contribution in [0.25, 0.3) is 0 Å². The Balaban J connectivity index is 4.73. The van der Waals surface area contributed by atoms with Crippen LogP contribution in [0, 0.1) is 22.7 Å². The molecule has 0 nitrogen and oxygen atoms in total. The summed E-state index contributed by atoms with van der Waals surface area (Å²) in [5.74, 6) is 1.60. The van der Waals surface area contributed by atoms with Crippen LogP contribution in [0.3, 0.4) is 0 Å². The number of rotatable bonds is 4. The first-order valence-electron chi connectivity index (χ1n) is 6.13. The van der Waals surface area contributed by atoms with Crippen molar-refractivity contribution in [2.24, 2.45) is 22.7 Å². The predicted molar refractivity (Wildman–Crippen MR) is 66.5 cm³/mol. The second-order valence-corrected chi connectivity index (χ2v) is 6.71. The molecule has 0 saturated carbocycles. The second-order valence-electron chi connectivity index (χ2n) is 6.71. The van der Waals surface area contributed by atoms with E-state index in [1.165, 1.54) is 12.8 Å². The molecule has 2 unspecified atom stereocenters. The first-order chi connectivity index (χ1) is 6.13. The standard InChI is InChI=1S/C14H30/c1-9-12(4)14(8,11(2)3)10-13(5,6)7/h11-12H,9-10H2,1-8H3. The third-order valence-electron chi connectivity index (χ3n) is 3.97. The maximum Gasteiger partial charge on any atom is -0.0272 e. The van der Waals surface area contributed by atoms with Crippen LogP contribution < -0.4 is 0 Å². The van der Waals surface area contributed by atoms with Crippen molar-refractivity contribution >= 4 is 0 Å². The molecule has 0 heterocycles. The highest BCUT2D eigenvalue weighted by molar-refractivity contribution is 4.86. The van der Waals surface area contributed by atoms with E-state index in [0.717, 1.165) is 11.8 Å². The van der Waals surface area contributed by atoms with Crippen LogP contribution in [0.1, 0.15) is 68.2 Å². The molecule has 0 bridgehead atoms. The minimum Gasteiger partial charge on any atom is -0.0651 e. The zero-order chi connectivity index (χ0) is 11.6. The fourth-order valence-electron chi connectivity index (χ4n) is 2.56. The Bertz CT molecular complexity index is 161. The van der Waals surface area contributed by atoms with E-state index in [0.29, 0.717) is 10.8 Å². The van der Waals surface area contributed by atoms with E-state index >= 15 is 0 Å². The lowest BCUT2D eigenvalue weighted by molar-refractivity contribution is 0.0626. The molecule has 0 saturated heterocycles. The Labute approximate surface area is 91.5 Å². The van der Waals surface area contributed by atoms with Gasteiger partial charge in [0, 0.05) is 0 Å². The summed E-state index contributed by atoms with van der Waals surface area (Å²) in [7, 11) is 0. The van der Waals surface area contributed by atoms with Gasteiger partial charge < -0.3 is 0 Å². The van der Waals surface area contributed by atoms with Crippen molar-refractivity contribution in [1.82, 2.24) is 0 Å². The molecule has 0 aliphatic heterocycles. The monoisotopic (exact) mass is 198 g/mol. The molecule has 0 fully saturated rings. The fraction of sp³-hybridized carbons (Fsp3) is 1.00. The van der Waals surface area contributed by atoms with Gasteiger partial charge in [0.05, 0.1) is 0 Å². The van der Waals surface area contributed by atoms with Crippen LogP contribution in [-0.4, -0.2) is 0 Å². The summed E-state index contributed by atoms with van der Waals surface area (Å²) in [6.45, 7) is 19.0. The van der Waals surface area contributed by atoms with Crippen molar-refractivity contribution < 1.29 is 0 Å². The van der Waals surface area contributed by atoms with Crippen LogP contribution in [0.15, 0.2) is 0 Å². The predicted octanol–water partition coefficient (Wildman–Crippen LogP) is 5.13. The first-order valence-corrected chi connectivity index (χ1v) is 6.13. The normalized spacial score (nSPS) is 19.5. The Morgan fingerprint density at radius 1 is 0.929 bits per heavy atom. The second kappa shape index (κ2) is 4.68. The summed E-state index contributed by atoms with van der Waals surface area (Å²) >= 11 is 0. The van der Waals surface area contributed by atoms with Crippen molar-refractivity contribution in [1.29, 1.82) is 0 Å². The molecule has 14 heavy (non-hydrogen) atoms. The Morgan fingerprint density at radius 3 is 1.57 bits per heavy atom. The summed E-state index contributed by atoms with van der Waals surface area (Å²) in [4.78, 5) is 0. The van der Waals surface area contributed by atoms with Crippen LogP contribution in [0.2, 0.25) is 0 Å². The maximum atomic E-state index is 2.47. The van der Waals surface area contributed by atoms with Gasteiger partial charge in [-0.15, -0.1) is 0 Å². The van der Waals surface area contributed by atoms with E-state index < -0.39 is 0 Å². The summed E-state index contributed by atoms with van der Waals surface area (Å²) in [5, 5.41) is 0. The zero-order valence-corrected chi connectivity index (χ0v) is 11.6. The smallest absolute Gasteiger partial charge is 0.0272 e. The Morgan fingerprint density at radius 2 is 1.36 bits per heavy atom. The minimum absolute atomic E-state index is 0.447. The molecule has 0 radical (unpaired) electrons. The molecular formula is C14H30. The van der Waals surface area contributed by atoms with Gasteiger partial charge in [0.2, 0.25) is 0 Å². The molecule has 0 spiro atoms. The SMILES string of the molecule is CCC(C)C(C)(CC(C)(C)C)C(C)C. The Kier molecular flexibility index (Phi) is 4.68. The average molecular weight is 198 g/mol. The molecule has 0 heteroatoms. The lowest BCUT2D eigenvalue weighted by Crippen LogP contribution is -2.35. The summed E-state index contributed by atoms with van der Waals surface area (Å²) in [6, 6.07) is 0. The topological polar surface area (TPSA) is 0 Å². The van der Waals surface area contributed by atoms with E-state index in [4.69, 9.17) is 0 Å². The van der Waals surface area contributed by atoms with Crippen LogP contribution >= 0.6 is 0 Å². The lowest BCUT2D eigenvalue weighted by Gasteiger charge is -2.43. The van der Waals surface area contributed by atoms with Gasteiger partial charge in [-0.05, 0) is 29.1 Å². The van der Waals surface area contributed by atoms with Gasteiger partial charge >= 0.3 is 0 Å². The number of hydrogen-bond donors (Lipinski definition) is 0. The van der Waals surface area contributed by atoms with E-state index in [1.54, 1.807) is 0 Å². The van der Waals surface area contributed by atoms with Gasteiger partial charge in [0.25, 0.3) is 0 Å². The summed E-state index contributed by atoms with van der Waals surface area (Å²) in [5.41, 5.74) is 0.940. The molecular weight excluding hydrogens is 168 g/mol. The highest BCUT2D eigenvalue weighted by atomic mass is 14.4. The molecule has 0 aliphatic rings. The highest BCUT2D eigenvalue weighted by Gasteiger charge is 2.36. The molecule has 0 aromatic carbocycles. The zero-order valence-electron chi connectivity index (χ0n) is 11.6. The third kappa shape index (κ3) is 3.63. The van der Waals surface area contributed by atoms with E-state index in [2.05, 4.69) is 55.4 Å². The van der Waals surface area contributed by atoms with Crippen molar-refractivity contribution in [2.75, 3.05) is 0 Å². The van der Waals surface area contributed by atoms with E-state index in [9.17, 15) is 0 Å². The van der Waals surface area contributed by atoms with Gasteiger partial charge in [-0.2, -0.15) is 0 Å². The van der Waals surface area contributed by atoms with E-state index in [-0.39, 0.29) is 0 Å². The maximum absolute atomic E-state index is 2.47. The first kappa shape index (κ1) is 14.0. The van der Waals surface area contributed by atoms with Gasteiger partial charge in [-0.1, -0.05) is 61.8 Å². The van der Waals surface area contributed by atoms with Crippen LogP contribution in [0.5, 0.6) is 0 Å². The van der Waals surface area contributed by atoms with E-state index in [1.807, 2.05) is 0 Å². The number of hydrogen-bond acceptors (Lipinski definition) is 0. The van der Waals surface area contributed by atoms with Gasteiger partial charge in [-0.3, -0.25) is 0 Å². The molecule has 2 atom stereocenters. The van der Waals surface area contributed by atoms with Crippen molar-refractivity contribution in [3.05, 3.63) is 0 Å². The van der Waals surface area contributed by atoms with Crippen molar-refractivity contribution in [2.45, 2.75) is 68.2 Å². The van der Waals surface area contributed by atoms with Gasteiger partial charge in [0.1, 0.15) is 0 Å². The van der Waals surface area contributed by atoms with Gasteiger partial charge in [-0.25, -0.2) is 0 Å². The van der Waals surface area contributed by atoms with Gasteiger partial charge in [0.15, 0.2) is 0 Å². The molecule has 0 aromatic rings. The lowest BCUT2D eigenvalue weighted by atomic mass is 9.62. The molecule has 0 rings (SSSR count). The Hall–Kier alpha value is 0. The molecule has 0 aromatic heterocycles. The average Bonchev–Trinajstić information content (AvgIpc) is 1.99. The van der Waals surface area contributed by atoms with Crippen LogP contribution in [-0.2, 0) is 0 Å². The van der Waals surface area contributed by atoms with Crippen molar-refractivity contribution in [3.63, 3.8) is 0 Å². The summed E-state index contributed by atoms with van der Waals surface area (Å²) < 4.78 is 0. The molecule has 0 amide bonds. The van der Waals surface area contributed by atoms with Crippen LogP contribution in [0.4, 0.5) is 0 Å². The quantitative estimate of drug-likeness (QED) is 0.587. The summed E-state index contributed by atoms with van der Waals surface area (Å²) in [6.07, 6.45) is 2.62. The highest BCUT2D eigenvalue weighted by Crippen LogP contribution is 2.45. The third-order valence-corrected chi connectivity index (χ3v) is 3.97. The molecule has 0 N–H and O–H groups in total. The van der Waals surface area contributed by atoms with Crippen molar-refractivity contribution in [3.8, 4) is 0 Å². The molecule has 0 aliphatic carbocycles. The minimum atomic E-state index is 0.447. The largest absolute Gasteiger partial charge is 0.0651 e.